The second kappa shape index (κ2) is 6.02. The van der Waals surface area contributed by atoms with E-state index in [-0.39, 0.29) is 11.6 Å². The van der Waals surface area contributed by atoms with E-state index in [9.17, 15) is 9.18 Å². The molecule has 25 heavy (non-hydrogen) atoms. The Hall–Kier alpha value is -3.20. The van der Waals surface area contributed by atoms with Crippen molar-refractivity contribution in [1.82, 2.24) is 24.6 Å². The number of amides is 1. The van der Waals surface area contributed by atoms with Gasteiger partial charge in [0, 0.05) is 22.8 Å². The highest BCUT2D eigenvalue weighted by Crippen LogP contribution is 2.25. The van der Waals surface area contributed by atoms with Crippen LogP contribution in [0.2, 0.25) is 0 Å². The number of fused-ring (bicyclic) bond motifs is 1. The SMILES string of the molecule is Cc1ccnc2nc(C(=O)Nc3nc(-c4cccc(F)c4)cs3)nn12. The van der Waals surface area contributed by atoms with Crippen LogP contribution in [0.1, 0.15) is 16.3 Å². The van der Waals surface area contributed by atoms with Gasteiger partial charge >= 0.3 is 0 Å². The van der Waals surface area contributed by atoms with Crippen molar-refractivity contribution in [3.63, 3.8) is 0 Å². The molecule has 0 unspecified atom stereocenters. The summed E-state index contributed by atoms with van der Waals surface area (Å²) in [5, 5.41) is 8.92. The number of carbonyl (C=O) groups excluding carboxylic acids is 1. The Morgan fingerprint density at radius 1 is 1.28 bits per heavy atom. The van der Waals surface area contributed by atoms with E-state index >= 15 is 0 Å². The zero-order valence-electron chi connectivity index (χ0n) is 13.0. The summed E-state index contributed by atoms with van der Waals surface area (Å²) in [4.78, 5) is 24.8. The molecule has 1 aromatic carbocycles. The highest BCUT2D eigenvalue weighted by Gasteiger charge is 2.16. The number of aryl methyl sites for hydroxylation is 1. The van der Waals surface area contributed by atoms with Gasteiger partial charge in [-0.25, -0.2) is 18.9 Å². The first-order valence-electron chi connectivity index (χ1n) is 7.31. The van der Waals surface area contributed by atoms with Crippen molar-refractivity contribution in [2.45, 2.75) is 6.92 Å². The average Bonchev–Trinajstić information content (AvgIpc) is 3.22. The summed E-state index contributed by atoms with van der Waals surface area (Å²) in [6.07, 6.45) is 1.60. The van der Waals surface area contributed by atoms with E-state index in [4.69, 9.17) is 0 Å². The molecule has 1 amide bonds. The van der Waals surface area contributed by atoms with Gasteiger partial charge in [0.2, 0.25) is 5.82 Å². The smallest absolute Gasteiger partial charge is 0.295 e. The van der Waals surface area contributed by atoms with E-state index < -0.39 is 5.91 Å². The Labute approximate surface area is 145 Å². The van der Waals surface area contributed by atoms with Gasteiger partial charge in [-0.3, -0.25) is 10.1 Å². The standard InChI is InChI=1S/C16H11FN6OS/c1-9-5-6-18-15-20-13(22-23(9)15)14(24)21-16-19-12(8-25-16)10-3-2-4-11(17)7-10/h2-8H,1H3,(H,19,21,24). The van der Waals surface area contributed by atoms with Crippen molar-refractivity contribution < 1.29 is 9.18 Å². The summed E-state index contributed by atoms with van der Waals surface area (Å²) in [7, 11) is 0. The minimum absolute atomic E-state index is 0.00399. The van der Waals surface area contributed by atoms with Gasteiger partial charge in [0.25, 0.3) is 11.7 Å². The lowest BCUT2D eigenvalue weighted by Gasteiger charge is -1.97. The van der Waals surface area contributed by atoms with Crippen LogP contribution in [0.3, 0.4) is 0 Å². The summed E-state index contributed by atoms with van der Waals surface area (Å²) in [5.41, 5.74) is 2.04. The zero-order valence-corrected chi connectivity index (χ0v) is 13.8. The fourth-order valence-electron chi connectivity index (χ4n) is 2.27. The van der Waals surface area contributed by atoms with Crippen LogP contribution in [0, 0.1) is 12.7 Å². The van der Waals surface area contributed by atoms with E-state index in [1.54, 1.807) is 29.8 Å². The first-order chi connectivity index (χ1) is 12.1. The molecule has 0 fully saturated rings. The molecule has 0 saturated carbocycles. The molecule has 0 radical (unpaired) electrons. The molecular weight excluding hydrogens is 343 g/mol. The maximum absolute atomic E-state index is 13.3. The maximum atomic E-state index is 13.3. The van der Waals surface area contributed by atoms with Crippen LogP contribution in [-0.4, -0.2) is 30.5 Å². The molecule has 7 nitrogen and oxygen atoms in total. The number of halogens is 1. The van der Waals surface area contributed by atoms with Gasteiger partial charge in [-0.1, -0.05) is 12.1 Å². The molecular formula is C16H11FN6OS. The molecule has 0 spiro atoms. The van der Waals surface area contributed by atoms with Crippen molar-refractivity contribution in [2.24, 2.45) is 0 Å². The van der Waals surface area contributed by atoms with Gasteiger partial charge in [0.05, 0.1) is 5.69 Å². The molecule has 0 aliphatic heterocycles. The van der Waals surface area contributed by atoms with Crippen LogP contribution in [0.15, 0.2) is 41.9 Å². The Balaban J connectivity index is 1.57. The van der Waals surface area contributed by atoms with Gasteiger partial charge in [0.1, 0.15) is 5.82 Å². The number of carbonyl (C=O) groups is 1. The third kappa shape index (κ3) is 2.96. The van der Waals surface area contributed by atoms with Crippen LogP contribution in [0.25, 0.3) is 17.0 Å². The lowest BCUT2D eigenvalue weighted by Crippen LogP contribution is -2.13. The molecule has 9 heteroatoms. The van der Waals surface area contributed by atoms with Gasteiger partial charge in [-0.15, -0.1) is 16.4 Å². The Morgan fingerprint density at radius 2 is 2.16 bits per heavy atom. The molecule has 0 atom stereocenters. The third-order valence-corrected chi connectivity index (χ3v) is 4.24. The molecule has 4 aromatic rings. The predicted molar refractivity (Wildman–Crippen MR) is 91.0 cm³/mol. The van der Waals surface area contributed by atoms with E-state index in [2.05, 4.69) is 25.4 Å². The summed E-state index contributed by atoms with van der Waals surface area (Å²) < 4.78 is 14.8. The minimum Gasteiger partial charge on any atom is -0.295 e. The Morgan fingerprint density at radius 3 is 2.96 bits per heavy atom. The third-order valence-electron chi connectivity index (χ3n) is 3.48. The Kier molecular flexibility index (Phi) is 3.69. The minimum atomic E-state index is -0.481. The second-order valence-corrected chi connectivity index (χ2v) is 6.09. The fourth-order valence-corrected chi connectivity index (χ4v) is 2.98. The van der Waals surface area contributed by atoms with E-state index in [1.807, 2.05) is 6.92 Å². The van der Waals surface area contributed by atoms with Gasteiger partial charge in [-0.05, 0) is 25.1 Å². The van der Waals surface area contributed by atoms with Crippen molar-refractivity contribution in [2.75, 3.05) is 5.32 Å². The molecule has 3 heterocycles. The maximum Gasteiger partial charge on any atom is 0.297 e. The van der Waals surface area contributed by atoms with Crippen molar-refractivity contribution >= 4 is 28.2 Å². The first kappa shape index (κ1) is 15.3. The van der Waals surface area contributed by atoms with Crippen LogP contribution in [-0.2, 0) is 0 Å². The Bertz CT molecular complexity index is 1090. The number of nitrogens with zero attached hydrogens (tertiary/aromatic N) is 5. The normalized spacial score (nSPS) is 11.0. The number of hydrogen-bond donors (Lipinski definition) is 1. The van der Waals surface area contributed by atoms with E-state index in [1.165, 1.54) is 28.0 Å². The molecule has 0 saturated heterocycles. The predicted octanol–water partition coefficient (Wildman–Crippen LogP) is 2.95. The average molecular weight is 354 g/mol. The highest BCUT2D eigenvalue weighted by atomic mass is 32.1. The number of thiazole rings is 1. The number of nitrogens with one attached hydrogen (secondary N) is 1. The molecule has 0 bridgehead atoms. The molecule has 124 valence electrons. The van der Waals surface area contributed by atoms with Gasteiger partial charge in [0.15, 0.2) is 5.13 Å². The highest BCUT2D eigenvalue weighted by molar-refractivity contribution is 7.14. The van der Waals surface area contributed by atoms with Crippen molar-refractivity contribution in [3.05, 3.63) is 59.2 Å². The van der Waals surface area contributed by atoms with Crippen LogP contribution < -0.4 is 5.32 Å². The van der Waals surface area contributed by atoms with Gasteiger partial charge in [-0.2, -0.15) is 4.98 Å². The molecule has 0 aliphatic rings. The lowest BCUT2D eigenvalue weighted by molar-refractivity contribution is 0.101. The van der Waals surface area contributed by atoms with Crippen molar-refractivity contribution in [1.29, 1.82) is 0 Å². The quantitative estimate of drug-likeness (QED) is 0.611. The molecule has 3 aromatic heterocycles. The number of hydrogen-bond acceptors (Lipinski definition) is 6. The summed E-state index contributed by atoms with van der Waals surface area (Å²) in [5.74, 6) is -0.466. The van der Waals surface area contributed by atoms with Crippen LogP contribution in [0.5, 0.6) is 0 Å². The summed E-state index contributed by atoms with van der Waals surface area (Å²) in [6.45, 7) is 1.84. The van der Waals surface area contributed by atoms with Crippen LogP contribution in [0.4, 0.5) is 9.52 Å². The monoisotopic (exact) mass is 354 g/mol. The van der Waals surface area contributed by atoms with Gasteiger partial charge < -0.3 is 0 Å². The zero-order chi connectivity index (χ0) is 17.4. The lowest BCUT2D eigenvalue weighted by atomic mass is 10.2. The van der Waals surface area contributed by atoms with Crippen LogP contribution >= 0.6 is 11.3 Å². The summed E-state index contributed by atoms with van der Waals surface area (Å²) in [6, 6.07) is 7.89. The number of aromatic nitrogens is 5. The van der Waals surface area contributed by atoms with E-state index in [0.717, 1.165) is 5.69 Å². The number of benzene rings is 1. The molecule has 0 aliphatic carbocycles. The molecule has 1 N–H and O–H groups in total. The van der Waals surface area contributed by atoms with E-state index in [0.29, 0.717) is 22.2 Å². The topological polar surface area (TPSA) is 85.1 Å². The fraction of sp³-hybridized carbons (Fsp3) is 0.0625. The summed E-state index contributed by atoms with van der Waals surface area (Å²) >= 11 is 1.24. The van der Waals surface area contributed by atoms with Crippen molar-refractivity contribution in [3.8, 4) is 11.3 Å². The largest absolute Gasteiger partial charge is 0.297 e. The number of anilines is 1. The first-order valence-corrected chi connectivity index (χ1v) is 8.19. The molecule has 4 rings (SSSR count). The second-order valence-electron chi connectivity index (χ2n) is 5.24. The number of rotatable bonds is 3.